The molecule has 2 N–H and O–H groups in total. The Morgan fingerprint density at radius 3 is 2.75 bits per heavy atom. The summed E-state index contributed by atoms with van der Waals surface area (Å²) >= 11 is 7.95. The molecule has 0 saturated heterocycles. The van der Waals surface area contributed by atoms with Crippen LogP contribution >= 0.6 is 28.6 Å². The molecule has 0 bridgehead atoms. The molecule has 0 aliphatic rings. The van der Waals surface area contributed by atoms with E-state index in [1.54, 1.807) is 0 Å². The molecule has 0 fully saturated rings. The van der Waals surface area contributed by atoms with Gasteiger partial charge in [-0.05, 0) is 50.5 Å². The topological polar surface area (TPSA) is 70.2 Å². The lowest BCUT2D eigenvalue weighted by Crippen LogP contribution is -2.26. The average molecular weight is 460 g/mol. The van der Waals surface area contributed by atoms with Gasteiger partial charge in [0.15, 0.2) is 0 Å². The van der Waals surface area contributed by atoms with Crippen LogP contribution in [0.3, 0.4) is 0 Å². The number of benzene rings is 2. The van der Waals surface area contributed by atoms with Crippen LogP contribution in [-0.2, 0) is 4.79 Å². The second-order valence-corrected chi connectivity index (χ2v) is 8.40. The first-order valence-corrected chi connectivity index (χ1v) is 10.1. The van der Waals surface area contributed by atoms with Crippen molar-refractivity contribution >= 4 is 62.6 Å². The lowest BCUT2D eigenvalue weighted by Gasteiger charge is -2.16. The van der Waals surface area contributed by atoms with Gasteiger partial charge in [-0.3, -0.25) is 4.79 Å². The molecule has 146 valence electrons. The van der Waals surface area contributed by atoms with Gasteiger partial charge in [0.2, 0.25) is 5.91 Å². The molecule has 1 atom stereocenters. The van der Waals surface area contributed by atoms with Gasteiger partial charge in [0, 0.05) is 39.4 Å². The number of rotatable bonds is 7. The molecule has 1 amide bonds. The first-order valence-electron chi connectivity index (χ1n) is 8.81. The van der Waals surface area contributed by atoms with Crippen molar-refractivity contribution in [1.29, 1.82) is 0 Å². The molecule has 0 aliphatic heterocycles. The molecule has 28 heavy (non-hydrogen) atoms. The fourth-order valence-electron chi connectivity index (χ4n) is 2.85. The van der Waals surface area contributed by atoms with Crippen LogP contribution in [0.4, 0.5) is 17.2 Å². The van der Waals surface area contributed by atoms with Crippen molar-refractivity contribution in [3.8, 4) is 0 Å². The van der Waals surface area contributed by atoms with Crippen molar-refractivity contribution in [1.82, 2.24) is 14.9 Å². The third kappa shape index (κ3) is 5.67. The Kier molecular flexibility index (Phi) is 6.88. The maximum Gasteiger partial charge on any atom is 0.225 e. The number of fused-ring (bicyclic) bond motifs is 1. The van der Waals surface area contributed by atoms with Gasteiger partial charge in [-0.25, -0.2) is 9.97 Å². The number of hydrogen-bond acceptors (Lipinski definition) is 6. The van der Waals surface area contributed by atoms with Gasteiger partial charge in [-0.15, -0.1) is 0 Å². The monoisotopic (exact) mass is 459 g/mol. The van der Waals surface area contributed by atoms with Crippen LogP contribution in [0.25, 0.3) is 10.9 Å². The van der Waals surface area contributed by atoms with Gasteiger partial charge in [0.05, 0.1) is 5.52 Å². The molecule has 0 unspecified atom stereocenters. The highest BCUT2D eigenvalue weighted by molar-refractivity contribution is 9.10. The Hall–Kier alpha value is -2.16. The third-order valence-electron chi connectivity index (χ3n) is 4.00. The molecule has 8 heteroatoms. The smallest absolute Gasteiger partial charge is 0.225 e. The Balaban J connectivity index is 1.79. The van der Waals surface area contributed by atoms with Gasteiger partial charge in [0.25, 0.3) is 0 Å². The number of hydrogen-bond donors (Lipinski definition) is 3. The second-order valence-electron chi connectivity index (χ2n) is 6.76. The Labute approximate surface area is 178 Å². The van der Waals surface area contributed by atoms with Crippen molar-refractivity contribution < 1.29 is 4.79 Å². The number of aromatic nitrogens is 2. The predicted molar refractivity (Wildman–Crippen MR) is 122 cm³/mol. The highest BCUT2D eigenvalue weighted by atomic mass is 79.9. The molecule has 3 rings (SSSR count). The van der Waals surface area contributed by atoms with Gasteiger partial charge in [-0.1, -0.05) is 22.0 Å². The van der Waals surface area contributed by atoms with Crippen LogP contribution in [0.15, 0.2) is 53.3 Å². The average Bonchev–Trinajstić information content (AvgIpc) is 2.61. The van der Waals surface area contributed by atoms with Crippen molar-refractivity contribution in [2.75, 3.05) is 31.3 Å². The highest BCUT2D eigenvalue weighted by Crippen LogP contribution is 2.27. The Morgan fingerprint density at radius 1 is 1.18 bits per heavy atom. The summed E-state index contributed by atoms with van der Waals surface area (Å²) in [5.41, 5.74) is 2.41. The lowest BCUT2D eigenvalue weighted by molar-refractivity contribution is -0.116. The van der Waals surface area contributed by atoms with E-state index in [0.29, 0.717) is 17.9 Å². The van der Waals surface area contributed by atoms with Gasteiger partial charge in [0.1, 0.15) is 12.1 Å². The highest BCUT2D eigenvalue weighted by Gasteiger charge is 2.12. The third-order valence-corrected chi connectivity index (χ3v) is 4.84. The summed E-state index contributed by atoms with van der Waals surface area (Å²) in [7, 11) is 3.93. The fourth-order valence-corrected chi connectivity index (χ4v) is 3.74. The minimum absolute atomic E-state index is 0.0208. The van der Waals surface area contributed by atoms with E-state index in [4.69, 9.17) is 0 Å². The summed E-state index contributed by atoms with van der Waals surface area (Å²) in [6, 6.07) is 13.4. The zero-order valence-corrected chi connectivity index (χ0v) is 18.2. The summed E-state index contributed by atoms with van der Waals surface area (Å²) in [6.45, 7) is 0.739. The van der Waals surface area contributed by atoms with Crippen molar-refractivity contribution in [2.45, 2.75) is 11.7 Å². The SMILES string of the molecule is CN(C)C[C@H](S)CC(=O)Nc1ccc2ncnc(Nc3cccc(Br)c3)c2c1. The van der Waals surface area contributed by atoms with E-state index in [9.17, 15) is 4.79 Å². The summed E-state index contributed by atoms with van der Waals surface area (Å²) in [5, 5.41) is 7.06. The van der Waals surface area contributed by atoms with Crippen LogP contribution in [0.2, 0.25) is 0 Å². The van der Waals surface area contributed by atoms with Crippen LogP contribution in [-0.4, -0.2) is 46.7 Å². The number of thiol groups is 1. The van der Waals surface area contributed by atoms with E-state index in [0.717, 1.165) is 27.6 Å². The predicted octanol–water partition coefficient (Wildman–Crippen LogP) is 4.32. The van der Waals surface area contributed by atoms with Crippen molar-refractivity contribution in [2.24, 2.45) is 0 Å². The quantitative estimate of drug-likeness (QED) is 0.458. The van der Waals surface area contributed by atoms with Crippen LogP contribution in [0.5, 0.6) is 0 Å². The van der Waals surface area contributed by atoms with Crippen LogP contribution < -0.4 is 10.6 Å². The number of nitrogens with zero attached hydrogens (tertiary/aromatic N) is 3. The summed E-state index contributed by atoms with van der Waals surface area (Å²) in [6.07, 6.45) is 1.86. The normalized spacial score (nSPS) is 12.2. The molecule has 3 aromatic rings. The standard InChI is InChI=1S/C20H22BrN5OS/c1-26(2)11-16(28)10-19(27)24-15-6-7-18-17(9-15)20(23-12-22-18)25-14-5-3-4-13(21)8-14/h3-9,12,16,28H,10-11H2,1-2H3,(H,24,27)(H,22,23,25)/t16-/m1/s1. The van der Waals surface area contributed by atoms with Gasteiger partial charge < -0.3 is 15.5 Å². The number of carbonyl (C=O) groups excluding carboxylic acids is 1. The number of nitrogens with one attached hydrogen (secondary N) is 2. The van der Waals surface area contributed by atoms with Crippen LogP contribution in [0, 0.1) is 0 Å². The Morgan fingerprint density at radius 2 is 2.00 bits per heavy atom. The molecular weight excluding hydrogens is 438 g/mol. The summed E-state index contributed by atoms with van der Waals surface area (Å²) in [5.74, 6) is 0.610. The zero-order valence-electron chi connectivity index (χ0n) is 15.7. The van der Waals surface area contributed by atoms with Gasteiger partial charge in [-0.2, -0.15) is 12.6 Å². The largest absolute Gasteiger partial charge is 0.340 e. The van der Waals surface area contributed by atoms with Crippen molar-refractivity contribution in [3.63, 3.8) is 0 Å². The lowest BCUT2D eigenvalue weighted by atomic mass is 10.2. The molecule has 1 aromatic heterocycles. The molecule has 0 saturated carbocycles. The van der Waals surface area contributed by atoms with E-state index in [-0.39, 0.29) is 11.2 Å². The van der Waals surface area contributed by atoms with Crippen LogP contribution in [0.1, 0.15) is 6.42 Å². The maximum absolute atomic E-state index is 12.3. The zero-order chi connectivity index (χ0) is 20.1. The summed E-state index contributed by atoms with van der Waals surface area (Å²) in [4.78, 5) is 23.0. The van der Waals surface area contributed by atoms with E-state index in [2.05, 4.69) is 49.2 Å². The van der Waals surface area contributed by atoms with E-state index in [1.165, 1.54) is 6.33 Å². The molecule has 6 nitrogen and oxygen atoms in total. The minimum atomic E-state index is -0.0699. The molecule has 0 radical (unpaired) electrons. The maximum atomic E-state index is 12.3. The number of carbonyl (C=O) groups is 1. The Bertz CT molecular complexity index is 982. The number of anilines is 3. The van der Waals surface area contributed by atoms with E-state index < -0.39 is 0 Å². The molecule has 0 aliphatic carbocycles. The minimum Gasteiger partial charge on any atom is -0.340 e. The second kappa shape index (κ2) is 9.36. The molecule has 2 aromatic carbocycles. The fraction of sp³-hybridized carbons (Fsp3) is 0.250. The van der Waals surface area contributed by atoms with Crippen molar-refractivity contribution in [3.05, 3.63) is 53.3 Å². The molecule has 1 heterocycles. The first kappa shape index (κ1) is 20.6. The number of halogens is 1. The summed E-state index contributed by atoms with van der Waals surface area (Å²) < 4.78 is 0.975. The van der Waals surface area contributed by atoms with Gasteiger partial charge >= 0.3 is 0 Å². The molecule has 0 spiro atoms. The van der Waals surface area contributed by atoms with E-state index >= 15 is 0 Å². The number of amides is 1. The molecular formula is C20H22BrN5OS. The van der Waals surface area contributed by atoms with E-state index in [1.807, 2.05) is 61.5 Å². The first-order chi connectivity index (χ1) is 13.4.